The molecular formula is C14H25NO13. The summed E-state index contributed by atoms with van der Waals surface area (Å²) in [5.74, 6) is -2.22. The number of aliphatic hydroxyl groups is 8. The summed E-state index contributed by atoms with van der Waals surface area (Å²) in [7, 11) is 0. The summed E-state index contributed by atoms with van der Waals surface area (Å²) in [4.78, 5) is 30.7. The van der Waals surface area contributed by atoms with Crippen LogP contribution in [0.1, 0.15) is 6.92 Å². The zero-order valence-corrected chi connectivity index (χ0v) is 14.6. The van der Waals surface area contributed by atoms with Crippen LogP contribution in [0.25, 0.3) is 0 Å². The van der Waals surface area contributed by atoms with Gasteiger partial charge in [-0.15, -0.1) is 0 Å². The molecule has 1 saturated heterocycles. The van der Waals surface area contributed by atoms with Crippen molar-refractivity contribution in [3.05, 3.63) is 0 Å². The van der Waals surface area contributed by atoms with E-state index in [-0.39, 0.29) is 6.29 Å². The number of carbonyl (C=O) groups excluding carboxylic acids is 2. The number of aliphatic hydroxyl groups excluding tert-OH is 8. The highest BCUT2D eigenvalue weighted by molar-refractivity contribution is 5.73. The molecule has 0 aliphatic carbocycles. The quantitative estimate of drug-likeness (QED) is 0.174. The van der Waals surface area contributed by atoms with Gasteiger partial charge in [0.15, 0.2) is 18.7 Å². The average molecular weight is 415 g/mol. The number of aliphatic carboxylic acids is 1. The lowest BCUT2D eigenvalue weighted by atomic mass is 9.97. The van der Waals surface area contributed by atoms with E-state index in [9.17, 15) is 29.7 Å². The lowest BCUT2D eigenvalue weighted by molar-refractivity contribution is -0.253. The zero-order chi connectivity index (χ0) is 22.2. The standard InChI is InChI=1S/C8H15NO6.C6H10O7/c1-3(11)9-5-7(13)6(12)4(2-10)15-8(5)14;7-1-2(8)3(9)4(10)5(11)6(12)13/h4-8,10,12-14H,2H2,1H3,(H,9,11);1-5,8-11H,(H,12,13)/t4-,5-,6+,7-,8?;2-,3+,4-,5-/m10/s1. The molecule has 0 saturated carbocycles. The van der Waals surface area contributed by atoms with Gasteiger partial charge in [0.05, 0.1) is 6.61 Å². The first-order valence-electron chi connectivity index (χ1n) is 7.86. The highest BCUT2D eigenvalue weighted by Gasteiger charge is 2.43. The molecular weight excluding hydrogens is 390 g/mol. The van der Waals surface area contributed by atoms with Gasteiger partial charge in [-0.25, -0.2) is 4.79 Å². The summed E-state index contributed by atoms with van der Waals surface area (Å²) < 4.78 is 4.81. The van der Waals surface area contributed by atoms with Gasteiger partial charge < -0.3 is 60.8 Å². The molecule has 1 rings (SSSR count). The Balaban J connectivity index is 0.000000528. The van der Waals surface area contributed by atoms with Crippen molar-refractivity contribution < 1.29 is 65.1 Å². The van der Waals surface area contributed by atoms with Crippen LogP contribution in [0.3, 0.4) is 0 Å². The minimum Gasteiger partial charge on any atom is -0.479 e. The number of carboxylic acid groups (broad SMARTS) is 1. The van der Waals surface area contributed by atoms with E-state index < -0.39 is 73.5 Å². The number of hydrogen-bond donors (Lipinski definition) is 10. The fraction of sp³-hybridized carbons (Fsp3) is 0.786. The molecule has 1 unspecified atom stereocenters. The fourth-order valence-electron chi connectivity index (χ4n) is 2.10. The van der Waals surface area contributed by atoms with Crippen LogP contribution < -0.4 is 5.32 Å². The summed E-state index contributed by atoms with van der Waals surface area (Å²) in [6.07, 6.45) is -13.6. The number of amides is 1. The van der Waals surface area contributed by atoms with Crippen LogP contribution in [0.2, 0.25) is 0 Å². The molecule has 0 aromatic carbocycles. The molecule has 14 nitrogen and oxygen atoms in total. The van der Waals surface area contributed by atoms with E-state index in [2.05, 4.69) is 5.32 Å². The van der Waals surface area contributed by atoms with Crippen LogP contribution in [0, 0.1) is 0 Å². The molecule has 1 heterocycles. The second kappa shape index (κ2) is 11.9. The number of nitrogens with one attached hydrogen (secondary N) is 1. The van der Waals surface area contributed by atoms with E-state index in [0.29, 0.717) is 0 Å². The Bertz CT molecular complexity index is 517. The number of aldehydes is 1. The maximum Gasteiger partial charge on any atom is 0.335 e. The van der Waals surface area contributed by atoms with Crippen molar-refractivity contribution in [3.63, 3.8) is 0 Å². The number of hydrogen-bond acceptors (Lipinski definition) is 12. The van der Waals surface area contributed by atoms with Gasteiger partial charge in [0.1, 0.15) is 42.7 Å². The molecule has 28 heavy (non-hydrogen) atoms. The van der Waals surface area contributed by atoms with E-state index in [0.717, 1.165) is 0 Å². The Morgan fingerprint density at radius 1 is 1.07 bits per heavy atom. The molecule has 10 N–H and O–H groups in total. The van der Waals surface area contributed by atoms with E-state index in [1.165, 1.54) is 6.92 Å². The third-order valence-corrected chi connectivity index (χ3v) is 3.69. The number of carboxylic acids is 1. The summed E-state index contributed by atoms with van der Waals surface area (Å²) >= 11 is 0. The fourth-order valence-corrected chi connectivity index (χ4v) is 2.10. The molecule has 1 aliphatic heterocycles. The van der Waals surface area contributed by atoms with Gasteiger partial charge >= 0.3 is 5.97 Å². The highest BCUT2D eigenvalue weighted by Crippen LogP contribution is 2.19. The van der Waals surface area contributed by atoms with Crippen LogP contribution in [-0.4, -0.2) is 126 Å². The molecule has 1 amide bonds. The third-order valence-electron chi connectivity index (χ3n) is 3.69. The second-order valence-electron chi connectivity index (χ2n) is 5.85. The Hall–Kier alpha value is -1.75. The number of carbonyl (C=O) groups is 3. The number of rotatable bonds is 7. The normalized spacial score (nSPS) is 31.4. The first kappa shape index (κ1) is 26.2. The van der Waals surface area contributed by atoms with E-state index in [1.54, 1.807) is 0 Å². The average Bonchev–Trinajstić information content (AvgIpc) is 2.65. The minimum atomic E-state index is -2.25. The van der Waals surface area contributed by atoms with Crippen molar-refractivity contribution in [1.82, 2.24) is 5.32 Å². The lowest BCUT2D eigenvalue weighted by Gasteiger charge is -2.40. The predicted molar refractivity (Wildman–Crippen MR) is 85.3 cm³/mol. The van der Waals surface area contributed by atoms with Crippen LogP contribution in [0.5, 0.6) is 0 Å². The van der Waals surface area contributed by atoms with Gasteiger partial charge in [-0.1, -0.05) is 0 Å². The molecule has 9 atom stereocenters. The van der Waals surface area contributed by atoms with Crippen molar-refractivity contribution in [2.45, 2.75) is 62.0 Å². The molecule has 0 spiro atoms. The van der Waals surface area contributed by atoms with Crippen molar-refractivity contribution >= 4 is 18.2 Å². The summed E-state index contributed by atoms with van der Waals surface area (Å²) in [6.45, 7) is 0.687. The topological polar surface area (TPSA) is 255 Å². The minimum absolute atomic E-state index is 0.0809. The smallest absolute Gasteiger partial charge is 0.335 e. The molecule has 14 heteroatoms. The zero-order valence-electron chi connectivity index (χ0n) is 14.6. The molecule has 1 fully saturated rings. The highest BCUT2D eigenvalue weighted by atomic mass is 16.6. The molecule has 0 aromatic heterocycles. The Labute approximate surface area is 158 Å². The third kappa shape index (κ3) is 7.34. The molecule has 0 aromatic rings. The second-order valence-corrected chi connectivity index (χ2v) is 5.85. The van der Waals surface area contributed by atoms with Crippen LogP contribution in [0.15, 0.2) is 0 Å². The first-order valence-corrected chi connectivity index (χ1v) is 7.86. The van der Waals surface area contributed by atoms with Gasteiger partial charge in [-0.2, -0.15) is 0 Å². The van der Waals surface area contributed by atoms with Crippen LogP contribution in [0.4, 0.5) is 0 Å². The summed E-state index contributed by atoms with van der Waals surface area (Å²) in [5, 5.41) is 82.6. The van der Waals surface area contributed by atoms with Gasteiger partial charge in [0.2, 0.25) is 5.91 Å². The van der Waals surface area contributed by atoms with E-state index in [1.807, 2.05) is 0 Å². The van der Waals surface area contributed by atoms with Gasteiger partial charge in [-0.05, 0) is 0 Å². The van der Waals surface area contributed by atoms with Crippen molar-refractivity contribution in [2.24, 2.45) is 0 Å². The van der Waals surface area contributed by atoms with Gasteiger partial charge in [0, 0.05) is 6.92 Å². The summed E-state index contributed by atoms with van der Waals surface area (Å²) in [5.41, 5.74) is 0. The monoisotopic (exact) mass is 415 g/mol. The molecule has 1 aliphatic rings. The van der Waals surface area contributed by atoms with Crippen molar-refractivity contribution in [1.29, 1.82) is 0 Å². The predicted octanol–water partition coefficient (Wildman–Crippen LogP) is -6.36. The first-order chi connectivity index (χ1) is 12.9. The van der Waals surface area contributed by atoms with Crippen LogP contribution in [-0.2, 0) is 19.1 Å². The maximum absolute atomic E-state index is 10.7. The Morgan fingerprint density at radius 3 is 2.00 bits per heavy atom. The molecule has 164 valence electrons. The van der Waals surface area contributed by atoms with E-state index in [4.69, 9.17) is 35.4 Å². The Morgan fingerprint density at radius 2 is 1.61 bits per heavy atom. The maximum atomic E-state index is 10.7. The van der Waals surface area contributed by atoms with Crippen molar-refractivity contribution in [2.75, 3.05) is 6.61 Å². The SMILES string of the molecule is CC(=O)N[C@H]1C(O)O[C@H](CO)[C@H](O)[C@@H]1O.O=C[C@H](O)[C@@H](O)[C@H](O)[C@H](O)C(=O)O. The molecule has 0 radical (unpaired) electrons. The largest absolute Gasteiger partial charge is 0.479 e. The summed E-state index contributed by atoms with van der Waals surface area (Å²) in [6, 6.07) is -1.10. The van der Waals surface area contributed by atoms with Gasteiger partial charge in [0.25, 0.3) is 0 Å². The number of ether oxygens (including phenoxy) is 1. The molecule has 0 bridgehead atoms. The Kier molecular flexibility index (Phi) is 11.2. The van der Waals surface area contributed by atoms with E-state index >= 15 is 0 Å². The van der Waals surface area contributed by atoms with Crippen molar-refractivity contribution in [3.8, 4) is 0 Å². The lowest BCUT2D eigenvalue weighted by Crippen LogP contribution is -2.63. The van der Waals surface area contributed by atoms with Crippen LogP contribution >= 0.6 is 0 Å². The van der Waals surface area contributed by atoms with Gasteiger partial charge in [-0.3, -0.25) is 4.79 Å².